The molecule has 7 rings (SSSR count). The van der Waals surface area contributed by atoms with Crippen molar-refractivity contribution in [1.29, 1.82) is 0 Å². The number of ether oxygens (including phenoxy) is 2. The molecule has 0 bridgehead atoms. The summed E-state index contributed by atoms with van der Waals surface area (Å²) in [5.74, 6) is 0.240. The molecule has 22 nitrogen and oxygen atoms in total. The lowest BCUT2D eigenvalue weighted by atomic mass is 10.3. The number of aromatic nitrogens is 12. The van der Waals surface area contributed by atoms with Crippen LogP contribution in [0.4, 0.5) is 34.6 Å². The van der Waals surface area contributed by atoms with Crippen LogP contribution in [-0.4, -0.2) is 85.2 Å². The minimum atomic E-state index is -0.667. The Morgan fingerprint density at radius 1 is 0.611 bits per heavy atom. The van der Waals surface area contributed by atoms with E-state index in [0.717, 1.165) is 0 Å². The van der Waals surface area contributed by atoms with E-state index < -0.39 is 11.9 Å². The molecule has 22 heteroatoms. The molecule has 270 valence electrons. The zero-order valence-corrected chi connectivity index (χ0v) is 28.9. The van der Waals surface area contributed by atoms with Gasteiger partial charge in [0.1, 0.15) is 17.5 Å². The predicted octanol–water partition coefficient (Wildman–Crippen LogP) is 4.19. The maximum atomic E-state index is 12.5. The lowest BCUT2D eigenvalue weighted by Crippen LogP contribution is -2.09. The third-order valence-corrected chi connectivity index (χ3v) is 7.72. The topological polar surface area (TPSA) is 277 Å². The fourth-order valence-corrected chi connectivity index (χ4v) is 5.11. The Labute approximate surface area is 303 Å². The summed E-state index contributed by atoms with van der Waals surface area (Å²) < 4.78 is 15.2. The summed E-state index contributed by atoms with van der Waals surface area (Å²) in [7, 11) is 2.49. The highest BCUT2D eigenvalue weighted by molar-refractivity contribution is 5.94. The number of hydrogen-bond donors (Lipinski definition) is 2. The summed E-state index contributed by atoms with van der Waals surface area (Å²) >= 11 is 0. The molecule has 54 heavy (non-hydrogen) atoms. The maximum absolute atomic E-state index is 12.5. The van der Waals surface area contributed by atoms with Crippen molar-refractivity contribution in [2.24, 2.45) is 20.5 Å². The normalized spacial score (nSPS) is 11.5. The molecular weight excluding hydrogens is 700 g/mol. The molecule has 0 fully saturated rings. The second kappa shape index (κ2) is 14.3. The number of azo groups is 2. The minimum absolute atomic E-state index is 0.0599. The number of pyridine rings is 2. The average Bonchev–Trinajstić information content (AvgIpc) is 3.96. The molecule has 0 radical (unpaired) electrons. The zero-order valence-electron chi connectivity index (χ0n) is 28.9. The van der Waals surface area contributed by atoms with E-state index in [4.69, 9.17) is 20.9 Å². The first-order chi connectivity index (χ1) is 26.2. The molecule has 0 aliphatic carbocycles. The van der Waals surface area contributed by atoms with Gasteiger partial charge in [0.25, 0.3) is 0 Å². The molecule has 0 saturated heterocycles. The molecule has 0 saturated carbocycles. The highest BCUT2D eigenvalue weighted by Crippen LogP contribution is 2.34. The predicted molar refractivity (Wildman–Crippen MR) is 188 cm³/mol. The number of hydrogen-bond acceptors (Lipinski definition) is 18. The van der Waals surface area contributed by atoms with Crippen LogP contribution in [0.15, 0.2) is 94.0 Å². The van der Waals surface area contributed by atoms with Crippen molar-refractivity contribution in [1.82, 2.24) is 59.1 Å². The van der Waals surface area contributed by atoms with Gasteiger partial charge in [0.05, 0.1) is 38.0 Å². The molecule has 0 amide bonds. The first-order valence-corrected chi connectivity index (χ1v) is 15.7. The third-order valence-electron chi connectivity index (χ3n) is 7.72. The largest absolute Gasteiger partial charge is 0.465 e. The van der Waals surface area contributed by atoms with Crippen LogP contribution < -0.4 is 11.5 Å². The number of aryl methyl sites for hydroxylation is 2. The van der Waals surface area contributed by atoms with E-state index in [-0.39, 0.29) is 57.4 Å². The Kier molecular flexibility index (Phi) is 9.11. The third kappa shape index (κ3) is 6.25. The van der Waals surface area contributed by atoms with Gasteiger partial charge in [-0.1, -0.05) is 12.1 Å². The molecule has 4 N–H and O–H groups in total. The number of esters is 2. The number of carbonyl (C=O) groups excluding carboxylic acids is 2. The van der Waals surface area contributed by atoms with Gasteiger partial charge < -0.3 is 20.9 Å². The molecular formula is C32H28N18O4. The van der Waals surface area contributed by atoms with Crippen molar-refractivity contribution >= 4 is 46.6 Å². The second-order valence-corrected chi connectivity index (χ2v) is 11.0. The van der Waals surface area contributed by atoms with Crippen LogP contribution in [0.3, 0.4) is 0 Å². The molecule has 0 aliphatic heterocycles. The van der Waals surface area contributed by atoms with Gasteiger partial charge in [-0.05, 0) is 38.1 Å². The molecule has 0 spiro atoms. The van der Waals surface area contributed by atoms with Crippen LogP contribution in [0.5, 0.6) is 0 Å². The van der Waals surface area contributed by atoms with Gasteiger partial charge in [0.2, 0.25) is 0 Å². The van der Waals surface area contributed by atoms with Gasteiger partial charge in [-0.15, -0.1) is 20.5 Å². The highest BCUT2D eigenvalue weighted by Gasteiger charge is 2.23. The van der Waals surface area contributed by atoms with Gasteiger partial charge in [-0.3, -0.25) is 0 Å². The molecule has 7 aromatic heterocycles. The van der Waals surface area contributed by atoms with Crippen LogP contribution in [0.25, 0.3) is 23.3 Å². The minimum Gasteiger partial charge on any atom is -0.465 e. The number of rotatable bonds is 10. The Morgan fingerprint density at radius 3 is 1.44 bits per heavy atom. The fourth-order valence-electron chi connectivity index (χ4n) is 5.11. The van der Waals surface area contributed by atoms with Gasteiger partial charge in [-0.2, -0.15) is 39.1 Å². The maximum Gasteiger partial charge on any atom is 0.343 e. The second-order valence-electron chi connectivity index (χ2n) is 11.0. The van der Waals surface area contributed by atoms with Crippen molar-refractivity contribution < 1.29 is 19.1 Å². The number of nitrogens with two attached hydrogens (primary N) is 2. The standard InChI is InChI=1S/C32H28N18O4/c1-17-25(41-43-29-19(31(51)53-3)14-39-49(29)21-9-5-7-11-35-21)27(33)47(45-17)23-13-24(38-16-37-23)48-28(34)26(18(2)46-48)42-44-30-20(32(52)54-4)15-40-50(30)22-10-6-8-12-36-22/h5-16H,33-34H2,1-4H3. The summed E-state index contributed by atoms with van der Waals surface area (Å²) in [6.45, 7) is 3.36. The lowest BCUT2D eigenvalue weighted by Gasteiger charge is -2.07. The van der Waals surface area contributed by atoms with Crippen LogP contribution in [0.2, 0.25) is 0 Å². The van der Waals surface area contributed by atoms with E-state index in [1.165, 1.54) is 51.7 Å². The van der Waals surface area contributed by atoms with Gasteiger partial charge >= 0.3 is 11.9 Å². The molecule has 0 aromatic carbocycles. The van der Waals surface area contributed by atoms with E-state index in [9.17, 15) is 9.59 Å². The number of nitrogen functional groups attached to an aromatic ring is 2. The van der Waals surface area contributed by atoms with Gasteiger partial charge in [0.15, 0.2) is 57.9 Å². The SMILES string of the molecule is COC(=O)c1cnn(-c2ccccn2)c1N=Nc1c(C)nn(-c2cc(-n3nc(C)c(N=Nc4c(C(=O)OC)cnn4-c4ccccn4)c3N)ncn2)c1N. The van der Waals surface area contributed by atoms with Gasteiger partial charge in [0, 0.05) is 18.5 Å². The summed E-state index contributed by atoms with van der Waals surface area (Å²) in [5.41, 5.74) is 14.4. The summed E-state index contributed by atoms with van der Waals surface area (Å²) in [6, 6.07) is 11.9. The quantitative estimate of drug-likeness (QED) is 0.148. The Balaban J connectivity index is 1.21. The molecule has 7 aromatic rings. The number of nitrogens with zero attached hydrogens (tertiary/aromatic N) is 16. The van der Waals surface area contributed by atoms with E-state index in [1.54, 1.807) is 68.7 Å². The lowest BCUT2D eigenvalue weighted by molar-refractivity contribution is 0.0592. The molecule has 0 atom stereocenters. The highest BCUT2D eigenvalue weighted by atomic mass is 16.5. The van der Waals surface area contributed by atoms with E-state index in [1.807, 2.05) is 0 Å². The van der Waals surface area contributed by atoms with Crippen LogP contribution in [0, 0.1) is 13.8 Å². The molecule has 7 heterocycles. The van der Waals surface area contributed by atoms with Crippen molar-refractivity contribution in [2.45, 2.75) is 13.8 Å². The summed E-state index contributed by atoms with van der Waals surface area (Å²) in [4.78, 5) is 42.3. The van der Waals surface area contributed by atoms with Crippen LogP contribution >= 0.6 is 0 Å². The van der Waals surface area contributed by atoms with Crippen molar-refractivity contribution in [3.63, 3.8) is 0 Å². The fraction of sp³-hybridized carbons (Fsp3) is 0.125. The number of methoxy groups -OCH3 is 2. The monoisotopic (exact) mass is 728 g/mol. The van der Waals surface area contributed by atoms with Gasteiger partial charge in [-0.25, -0.2) is 29.5 Å². The number of carbonyl (C=O) groups is 2. The average molecular weight is 729 g/mol. The Bertz CT molecular complexity index is 2400. The Hall–Kier alpha value is -8.04. The Morgan fingerprint density at radius 2 is 1.06 bits per heavy atom. The first kappa shape index (κ1) is 34.4. The van der Waals surface area contributed by atoms with E-state index in [0.29, 0.717) is 23.0 Å². The summed E-state index contributed by atoms with van der Waals surface area (Å²) in [5, 5.41) is 34.8. The van der Waals surface area contributed by atoms with Crippen LogP contribution in [0.1, 0.15) is 32.1 Å². The smallest absolute Gasteiger partial charge is 0.343 e. The van der Waals surface area contributed by atoms with Crippen molar-refractivity contribution in [2.75, 3.05) is 25.7 Å². The van der Waals surface area contributed by atoms with E-state index >= 15 is 0 Å². The van der Waals surface area contributed by atoms with Crippen molar-refractivity contribution in [3.8, 4) is 23.3 Å². The van der Waals surface area contributed by atoms with E-state index in [2.05, 4.69) is 60.8 Å². The summed E-state index contributed by atoms with van der Waals surface area (Å²) in [6.07, 6.45) is 7.04. The molecule has 0 unspecified atom stereocenters. The number of anilines is 2. The first-order valence-electron chi connectivity index (χ1n) is 15.7. The van der Waals surface area contributed by atoms with Crippen LogP contribution in [-0.2, 0) is 9.47 Å². The molecule has 0 aliphatic rings. The van der Waals surface area contributed by atoms with Crippen molar-refractivity contribution in [3.05, 3.63) is 96.1 Å². The zero-order chi connectivity index (χ0) is 37.9.